The molecule has 0 fully saturated rings. The Hall–Kier alpha value is -1.24. The Morgan fingerprint density at radius 2 is 2.41 bits per heavy atom. The van der Waals surface area contributed by atoms with Gasteiger partial charge < -0.3 is 10.4 Å². The van der Waals surface area contributed by atoms with Gasteiger partial charge in [0.1, 0.15) is 10.7 Å². The van der Waals surface area contributed by atoms with Crippen LogP contribution in [-0.2, 0) is 0 Å². The molecule has 2 N–H and O–H groups in total. The molecule has 90 valence electrons. The first-order valence-electron chi connectivity index (χ1n) is 5.12. The van der Waals surface area contributed by atoms with Crippen LogP contribution >= 0.6 is 22.7 Å². The molecule has 0 saturated heterocycles. The van der Waals surface area contributed by atoms with Crippen LogP contribution in [0, 0.1) is 0 Å². The second-order valence-electron chi connectivity index (χ2n) is 3.57. The minimum atomic E-state index is -0.255. The highest BCUT2D eigenvalue weighted by molar-refractivity contribution is 7.20. The fourth-order valence-electron chi connectivity index (χ4n) is 1.23. The van der Waals surface area contributed by atoms with E-state index in [0.717, 1.165) is 9.88 Å². The third-order valence-corrected chi connectivity index (χ3v) is 4.00. The molecule has 0 aromatic carbocycles. The van der Waals surface area contributed by atoms with E-state index in [0.29, 0.717) is 5.69 Å². The van der Waals surface area contributed by atoms with Crippen molar-refractivity contribution in [2.75, 3.05) is 6.61 Å². The number of thiazole rings is 1. The van der Waals surface area contributed by atoms with E-state index < -0.39 is 0 Å². The zero-order chi connectivity index (χ0) is 12.3. The second kappa shape index (κ2) is 5.39. The Balaban J connectivity index is 2.11. The summed E-state index contributed by atoms with van der Waals surface area (Å²) in [6.07, 6.45) is 0. The molecule has 2 heterocycles. The van der Waals surface area contributed by atoms with Gasteiger partial charge in [0.15, 0.2) is 0 Å². The summed E-state index contributed by atoms with van der Waals surface area (Å²) < 4.78 is 0. The van der Waals surface area contributed by atoms with Gasteiger partial charge in [0.2, 0.25) is 0 Å². The monoisotopic (exact) mass is 268 g/mol. The summed E-state index contributed by atoms with van der Waals surface area (Å²) in [5.74, 6) is -0.245. The first-order valence-corrected chi connectivity index (χ1v) is 6.87. The Labute approximate surface area is 107 Å². The van der Waals surface area contributed by atoms with Gasteiger partial charge in [-0.3, -0.25) is 4.79 Å². The number of hydrogen-bond donors (Lipinski definition) is 2. The number of aliphatic hydroxyl groups excluding tert-OH is 1. The molecular formula is C11H12N2O2S2. The van der Waals surface area contributed by atoms with Crippen LogP contribution in [0.15, 0.2) is 22.9 Å². The van der Waals surface area contributed by atoms with Crippen molar-refractivity contribution in [1.29, 1.82) is 0 Å². The van der Waals surface area contributed by atoms with Gasteiger partial charge in [-0.05, 0) is 18.4 Å². The van der Waals surface area contributed by atoms with Crippen LogP contribution in [0.1, 0.15) is 17.4 Å². The number of aromatic nitrogens is 1. The number of carbonyl (C=O) groups excluding carboxylic acids is 1. The van der Waals surface area contributed by atoms with Gasteiger partial charge in [-0.25, -0.2) is 4.98 Å². The molecule has 0 bridgehead atoms. The van der Waals surface area contributed by atoms with Gasteiger partial charge in [-0.2, -0.15) is 0 Å². The number of hydrogen-bond acceptors (Lipinski definition) is 5. The standard InChI is InChI=1S/C11H12N2O2S2/c1-7(5-14)12-10(15)8-6-17-11(13-8)9-3-2-4-16-9/h2-4,6-7,14H,5H2,1H3,(H,12,15). The minimum absolute atomic E-state index is 0.0757. The lowest BCUT2D eigenvalue weighted by Gasteiger charge is -2.08. The number of rotatable bonds is 4. The average Bonchev–Trinajstić information content (AvgIpc) is 2.98. The molecule has 6 heteroatoms. The van der Waals surface area contributed by atoms with Crippen molar-refractivity contribution in [1.82, 2.24) is 10.3 Å². The number of nitrogens with one attached hydrogen (secondary N) is 1. The third kappa shape index (κ3) is 2.91. The summed E-state index contributed by atoms with van der Waals surface area (Å²) in [7, 11) is 0. The third-order valence-electron chi connectivity index (χ3n) is 2.12. The molecule has 0 aliphatic rings. The molecule has 4 nitrogen and oxygen atoms in total. The van der Waals surface area contributed by atoms with Crippen LogP contribution in [0.25, 0.3) is 9.88 Å². The van der Waals surface area contributed by atoms with Crippen LogP contribution in [0.4, 0.5) is 0 Å². The zero-order valence-corrected chi connectivity index (χ0v) is 10.8. The number of thiophene rings is 1. The maximum Gasteiger partial charge on any atom is 0.271 e. The fraction of sp³-hybridized carbons (Fsp3) is 0.273. The van der Waals surface area contributed by atoms with Gasteiger partial charge in [-0.15, -0.1) is 22.7 Å². The lowest BCUT2D eigenvalue weighted by Crippen LogP contribution is -2.35. The predicted molar refractivity (Wildman–Crippen MR) is 69.4 cm³/mol. The predicted octanol–water partition coefficient (Wildman–Crippen LogP) is 1.98. The van der Waals surface area contributed by atoms with Gasteiger partial charge in [0, 0.05) is 11.4 Å². The Bertz CT molecular complexity index is 493. The maximum atomic E-state index is 11.7. The molecule has 17 heavy (non-hydrogen) atoms. The first-order chi connectivity index (χ1) is 8.20. The summed E-state index contributed by atoms with van der Waals surface area (Å²) in [6, 6.07) is 3.67. The molecule has 2 rings (SSSR count). The highest BCUT2D eigenvalue weighted by Crippen LogP contribution is 2.27. The van der Waals surface area contributed by atoms with E-state index in [2.05, 4.69) is 10.3 Å². The maximum absolute atomic E-state index is 11.7. The van der Waals surface area contributed by atoms with Crippen molar-refractivity contribution < 1.29 is 9.90 Å². The zero-order valence-electron chi connectivity index (χ0n) is 9.21. The molecule has 0 aliphatic carbocycles. The summed E-state index contributed by atoms with van der Waals surface area (Å²) in [5.41, 5.74) is 0.402. The van der Waals surface area contributed by atoms with Crippen LogP contribution in [0.2, 0.25) is 0 Å². The fourth-order valence-corrected chi connectivity index (χ4v) is 2.85. The number of carbonyl (C=O) groups is 1. The first kappa shape index (κ1) is 12.2. The van der Waals surface area contributed by atoms with Gasteiger partial charge >= 0.3 is 0 Å². The van der Waals surface area contributed by atoms with E-state index >= 15 is 0 Å². The Morgan fingerprint density at radius 1 is 1.59 bits per heavy atom. The minimum Gasteiger partial charge on any atom is -0.394 e. The van der Waals surface area contributed by atoms with E-state index in [1.165, 1.54) is 11.3 Å². The Kier molecular flexibility index (Phi) is 3.88. The van der Waals surface area contributed by atoms with E-state index in [1.54, 1.807) is 23.6 Å². The van der Waals surface area contributed by atoms with Crippen molar-refractivity contribution >= 4 is 28.6 Å². The molecule has 2 aromatic heterocycles. The van der Waals surface area contributed by atoms with E-state index in [-0.39, 0.29) is 18.6 Å². The lowest BCUT2D eigenvalue weighted by atomic mass is 10.3. The molecule has 0 spiro atoms. The summed E-state index contributed by atoms with van der Waals surface area (Å²) in [6.45, 7) is 1.66. The van der Waals surface area contributed by atoms with Crippen LogP contribution in [0.5, 0.6) is 0 Å². The van der Waals surface area contributed by atoms with E-state index in [1.807, 2.05) is 17.5 Å². The number of amides is 1. The molecule has 1 amide bonds. The molecule has 0 radical (unpaired) electrons. The van der Waals surface area contributed by atoms with Crippen LogP contribution < -0.4 is 5.32 Å². The molecule has 1 unspecified atom stereocenters. The normalized spacial score (nSPS) is 12.4. The number of aliphatic hydroxyl groups is 1. The van der Waals surface area contributed by atoms with Crippen molar-refractivity contribution in [2.45, 2.75) is 13.0 Å². The van der Waals surface area contributed by atoms with Gasteiger partial charge in [0.05, 0.1) is 11.5 Å². The molecule has 1 atom stereocenters. The topological polar surface area (TPSA) is 62.2 Å². The van der Waals surface area contributed by atoms with Crippen LogP contribution in [0.3, 0.4) is 0 Å². The van der Waals surface area contributed by atoms with Crippen molar-refractivity contribution in [3.63, 3.8) is 0 Å². The summed E-state index contributed by atoms with van der Waals surface area (Å²) in [5, 5.41) is 16.1. The summed E-state index contributed by atoms with van der Waals surface area (Å²) in [4.78, 5) is 17.1. The SMILES string of the molecule is CC(CO)NC(=O)c1csc(-c2cccs2)n1. The average molecular weight is 268 g/mol. The van der Waals surface area contributed by atoms with Crippen LogP contribution in [-0.4, -0.2) is 28.6 Å². The van der Waals surface area contributed by atoms with Crippen molar-refractivity contribution in [3.05, 3.63) is 28.6 Å². The van der Waals surface area contributed by atoms with Crippen molar-refractivity contribution in [3.8, 4) is 9.88 Å². The van der Waals surface area contributed by atoms with Gasteiger partial charge in [-0.1, -0.05) is 6.07 Å². The van der Waals surface area contributed by atoms with E-state index in [9.17, 15) is 4.79 Å². The van der Waals surface area contributed by atoms with Gasteiger partial charge in [0.25, 0.3) is 5.91 Å². The summed E-state index contributed by atoms with van der Waals surface area (Å²) >= 11 is 3.04. The van der Waals surface area contributed by atoms with Crippen molar-refractivity contribution in [2.24, 2.45) is 0 Å². The molecular weight excluding hydrogens is 256 g/mol. The Morgan fingerprint density at radius 3 is 3.06 bits per heavy atom. The highest BCUT2D eigenvalue weighted by Gasteiger charge is 2.13. The smallest absolute Gasteiger partial charge is 0.271 e. The molecule has 0 aliphatic heterocycles. The molecule has 2 aromatic rings. The second-order valence-corrected chi connectivity index (χ2v) is 5.38. The highest BCUT2D eigenvalue weighted by atomic mass is 32.1. The lowest BCUT2D eigenvalue weighted by molar-refractivity contribution is 0.0918. The number of nitrogens with zero attached hydrogens (tertiary/aromatic N) is 1. The largest absolute Gasteiger partial charge is 0.394 e. The van der Waals surface area contributed by atoms with E-state index in [4.69, 9.17) is 5.11 Å². The molecule has 0 saturated carbocycles. The quantitative estimate of drug-likeness (QED) is 0.891.